The lowest BCUT2D eigenvalue weighted by Gasteiger charge is -2.26. The summed E-state index contributed by atoms with van der Waals surface area (Å²) in [5.41, 5.74) is 1.41. The van der Waals surface area contributed by atoms with Crippen molar-refractivity contribution in [2.75, 3.05) is 26.3 Å². The minimum Gasteiger partial charge on any atom is -0.378 e. The molecule has 6 heteroatoms. The maximum Gasteiger partial charge on any atom is 0.270 e. The molecule has 4 nitrogen and oxygen atoms in total. The Balaban J connectivity index is 1.78. The second kappa shape index (κ2) is 8.45. The van der Waals surface area contributed by atoms with Crippen LogP contribution in [0.3, 0.4) is 0 Å². The molecule has 0 unspecified atom stereocenters. The molecule has 0 saturated carbocycles. The van der Waals surface area contributed by atoms with Gasteiger partial charge in [-0.15, -0.1) is 0 Å². The summed E-state index contributed by atoms with van der Waals surface area (Å²) in [7, 11) is 0. The van der Waals surface area contributed by atoms with E-state index in [0.717, 1.165) is 19.3 Å². The van der Waals surface area contributed by atoms with E-state index in [1.54, 1.807) is 29.3 Å². The molecule has 2 aromatic rings. The molecule has 1 saturated heterocycles. The van der Waals surface area contributed by atoms with Gasteiger partial charge in [0, 0.05) is 30.4 Å². The van der Waals surface area contributed by atoms with Crippen molar-refractivity contribution in [2.24, 2.45) is 0 Å². The van der Waals surface area contributed by atoms with Gasteiger partial charge in [-0.05, 0) is 24.5 Å². The van der Waals surface area contributed by atoms with Gasteiger partial charge in [0.05, 0.1) is 13.2 Å². The summed E-state index contributed by atoms with van der Waals surface area (Å²) >= 11 is 0. The molecule has 3 rings (SSSR count). The Hall–Kier alpha value is -2.21. The number of benzene rings is 1. The fourth-order valence-corrected chi connectivity index (χ4v) is 3.18. The summed E-state index contributed by atoms with van der Waals surface area (Å²) in [4.78, 5) is 17.0. The largest absolute Gasteiger partial charge is 0.378 e. The maximum atomic E-state index is 14.5. The molecule has 1 aliphatic heterocycles. The van der Waals surface area contributed by atoms with Crippen molar-refractivity contribution >= 4 is 5.91 Å². The molecule has 0 spiro atoms. The van der Waals surface area contributed by atoms with Gasteiger partial charge in [-0.2, -0.15) is 0 Å². The molecular weight excluding hydrogens is 338 g/mol. The number of aryl methyl sites for hydroxylation is 1. The fraction of sp³-hybridized carbons (Fsp3) is 0.450. The van der Waals surface area contributed by atoms with Gasteiger partial charge in [-0.1, -0.05) is 31.9 Å². The first-order valence-corrected chi connectivity index (χ1v) is 9.14. The van der Waals surface area contributed by atoms with Gasteiger partial charge in [0.1, 0.15) is 5.69 Å². The number of rotatable bonds is 6. The quantitative estimate of drug-likeness (QED) is 0.784. The zero-order chi connectivity index (χ0) is 18.5. The monoisotopic (exact) mass is 362 g/mol. The maximum absolute atomic E-state index is 14.5. The molecule has 0 atom stereocenters. The molecule has 1 aromatic heterocycles. The molecule has 0 radical (unpaired) electrons. The van der Waals surface area contributed by atoms with Crippen LogP contribution in [0.15, 0.2) is 24.4 Å². The SMILES string of the molecule is CCCCCc1ccc(-c2c[nH]c(C(=O)N3CCOCC3)c2)c(F)c1F. The number of unbranched alkanes of at least 4 members (excludes halogenated alkanes) is 2. The molecule has 0 aliphatic carbocycles. The molecule has 140 valence electrons. The van der Waals surface area contributed by atoms with Crippen LogP contribution in [0.25, 0.3) is 11.1 Å². The zero-order valence-electron chi connectivity index (χ0n) is 15.0. The first-order valence-electron chi connectivity index (χ1n) is 9.14. The van der Waals surface area contributed by atoms with Crippen molar-refractivity contribution in [2.45, 2.75) is 32.6 Å². The van der Waals surface area contributed by atoms with Gasteiger partial charge in [0.2, 0.25) is 0 Å². The molecule has 1 amide bonds. The second-order valence-electron chi connectivity index (χ2n) is 6.56. The van der Waals surface area contributed by atoms with Gasteiger partial charge < -0.3 is 14.6 Å². The van der Waals surface area contributed by atoms with E-state index >= 15 is 0 Å². The smallest absolute Gasteiger partial charge is 0.270 e. The number of ether oxygens (including phenoxy) is 1. The van der Waals surface area contributed by atoms with E-state index in [0.29, 0.717) is 49.5 Å². The third-order valence-corrected chi connectivity index (χ3v) is 4.73. The summed E-state index contributed by atoms with van der Waals surface area (Å²) in [5.74, 6) is -1.80. The highest BCUT2D eigenvalue weighted by Gasteiger charge is 2.21. The van der Waals surface area contributed by atoms with Crippen LogP contribution < -0.4 is 0 Å². The predicted octanol–water partition coefficient (Wildman–Crippen LogP) is 4.17. The summed E-state index contributed by atoms with van der Waals surface area (Å²) in [6.07, 6.45) is 4.95. The number of aromatic nitrogens is 1. The van der Waals surface area contributed by atoms with Gasteiger partial charge in [-0.3, -0.25) is 4.79 Å². The van der Waals surface area contributed by atoms with Crippen molar-refractivity contribution < 1.29 is 18.3 Å². The molecule has 0 bridgehead atoms. The van der Waals surface area contributed by atoms with E-state index in [1.807, 2.05) is 0 Å². The number of amides is 1. The highest BCUT2D eigenvalue weighted by atomic mass is 19.2. The van der Waals surface area contributed by atoms with Crippen molar-refractivity contribution in [3.8, 4) is 11.1 Å². The highest BCUT2D eigenvalue weighted by Crippen LogP contribution is 2.28. The summed E-state index contributed by atoms with van der Waals surface area (Å²) in [6, 6.07) is 4.80. The highest BCUT2D eigenvalue weighted by molar-refractivity contribution is 5.94. The van der Waals surface area contributed by atoms with Crippen molar-refractivity contribution in [3.63, 3.8) is 0 Å². The first kappa shape index (κ1) is 18.6. The van der Waals surface area contributed by atoms with Gasteiger partial charge >= 0.3 is 0 Å². The number of nitrogens with one attached hydrogen (secondary N) is 1. The van der Waals surface area contributed by atoms with Gasteiger partial charge in [-0.25, -0.2) is 8.78 Å². The first-order chi connectivity index (χ1) is 12.6. The van der Waals surface area contributed by atoms with E-state index in [2.05, 4.69) is 11.9 Å². The number of carbonyl (C=O) groups excluding carboxylic acids is 1. The Kier molecular flexibility index (Phi) is 6.04. The number of H-pyrrole nitrogens is 1. The third kappa shape index (κ3) is 3.96. The normalized spacial score (nSPS) is 14.7. The van der Waals surface area contributed by atoms with Crippen molar-refractivity contribution in [3.05, 3.63) is 47.3 Å². The number of hydrogen-bond acceptors (Lipinski definition) is 2. The molecule has 1 fully saturated rings. The van der Waals surface area contributed by atoms with Gasteiger partial charge in [0.25, 0.3) is 5.91 Å². The number of aromatic amines is 1. The minimum absolute atomic E-state index is 0.156. The van der Waals surface area contributed by atoms with Crippen LogP contribution in [0.4, 0.5) is 8.78 Å². The Morgan fingerprint density at radius 1 is 1.19 bits per heavy atom. The van der Waals surface area contributed by atoms with Crippen molar-refractivity contribution in [1.82, 2.24) is 9.88 Å². The number of carbonyl (C=O) groups is 1. The number of morpholine rings is 1. The van der Waals surface area contributed by atoms with E-state index in [-0.39, 0.29) is 11.5 Å². The Bertz CT molecular complexity index is 767. The second-order valence-corrected chi connectivity index (χ2v) is 6.56. The van der Waals surface area contributed by atoms with E-state index in [1.165, 1.54) is 0 Å². The Morgan fingerprint density at radius 3 is 2.69 bits per heavy atom. The van der Waals surface area contributed by atoms with Crippen LogP contribution in [-0.4, -0.2) is 42.1 Å². The van der Waals surface area contributed by atoms with E-state index in [9.17, 15) is 13.6 Å². The molecule has 1 aliphatic rings. The Labute approximate surface area is 152 Å². The topological polar surface area (TPSA) is 45.3 Å². The van der Waals surface area contributed by atoms with Crippen LogP contribution in [0.1, 0.15) is 42.2 Å². The van der Waals surface area contributed by atoms with E-state index in [4.69, 9.17) is 4.74 Å². The third-order valence-electron chi connectivity index (χ3n) is 4.73. The fourth-order valence-electron chi connectivity index (χ4n) is 3.18. The van der Waals surface area contributed by atoms with Crippen LogP contribution in [0.5, 0.6) is 0 Å². The summed E-state index contributed by atoms with van der Waals surface area (Å²) < 4.78 is 34.1. The average Bonchev–Trinajstić information content (AvgIpc) is 3.15. The van der Waals surface area contributed by atoms with Crippen LogP contribution in [0, 0.1) is 11.6 Å². The number of hydrogen-bond donors (Lipinski definition) is 1. The van der Waals surface area contributed by atoms with Crippen LogP contribution in [-0.2, 0) is 11.2 Å². The zero-order valence-corrected chi connectivity index (χ0v) is 15.0. The van der Waals surface area contributed by atoms with Crippen LogP contribution in [0.2, 0.25) is 0 Å². The predicted molar refractivity (Wildman–Crippen MR) is 96.1 cm³/mol. The average molecular weight is 362 g/mol. The summed E-state index contributed by atoms with van der Waals surface area (Å²) in [5, 5.41) is 0. The van der Waals surface area contributed by atoms with E-state index < -0.39 is 11.6 Å². The number of halogens is 2. The molecule has 26 heavy (non-hydrogen) atoms. The van der Waals surface area contributed by atoms with Crippen molar-refractivity contribution in [1.29, 1.82) is 0 Å². The standard InChI is InChI=1S/C20H24F2N2O2/c1-2-3-4-5-14-6-7-16(19(22)18(14)21)15-12-17(23-13-15)20(25)24-8-10-26-11-9-24/h6-7,12-13,23H,2-5,8-11H2,1H3. The summed E-state index contributed by atoms with van der Waals surface area (Å²) in [6.45, 7) is 4.16. The number of nitrogens with zero attached hydrogens (tertiary/aromatic N) is 1. The minimum atomic E-state index is -0.858. The molecule has 2 heterocycles. The lowest BCUT2D eigenvalue weighted by Crippen LogP contribution is -2.40. The van der Waals surface area contributed by atoms with Crippen LogP contribution >= 0.6 is 0 Å². The lowest BCUT2D eigenvalue weighted by atomic mass is 10.0. The Morgan fingerprint density at radius 2 is 1.96 bits per heavy atom. The molecular formula is C20H24F2N2O2. The molecule has 1 aromatic carbocycles. The molecule has 1 N–H and O–H groups in total. The lowest BCUT2D eigenvalue weighted by molar-refractivity contribution is 0.0299. The van der Waals surface area contributed by atoms with Gasteiger partial charge in [0.15, 0.2) is 11.6 Å².